The molecule has 25 heavy (non-hydrogen) atoms. The highest BCUT2D eigenvalue weighted by Gasteiger charge is 2.22. The first kappa shape index (κ1) is 17.4. The summed E-state index contributed by atoms with van der Waals surface area (Å²) < 4.78 is 0. The maximum absolute atomic E-state index is 11.9. The Balaban J connectivity index is 1.64. The molecule has 1 atom stereocenters. The molecule has 2 aromatic rings. The van der Waals surface area contributed by atoms with Crippen LogP contribution in [-0.2, 0) is 11.2 Å². The average Bonchev–Trinajstić information content (AvgIpc) is 2.63. The van der Waals surface area contributed by atoms with Crippen LogP contribution in [0, 0.1) is 0 Å². The van der Waals surface area contributed by atoms with Crippen LogP contribution in [0.4, 0.5) is 5.82 Å². The number of nitrogens with zero attached hydrogens (tertiary/aromatic N) is 3. The van der Waals surface area contributed by atoms with E-state index in [2.05, 4.69) is 27.3 Å². The molecule has 1 fully saturated rings. The van der Waals surface area contributed by atoms with Crippen LogP contribution in [-0.4, -0.2) is 35.0 Å². The highest BCUT2D eigenvalue weighted by Crippen LogP contribution is 2.18. The van der Waals surface area contributed by atoms with E-state index in [1.165, 1.54) is 5.56 Å². The number of benzene rings is 1. The molecule has 1 aromatic heterocycles. The van der Waals surface area contributed by atoms with E-state index in [9.17, 15) is 4.79 Å². The molecule has 0 saturated carbocycles. The fourth-order valence-electron chi connectivity index (χ4n) is 3.26. The zero-order chi connectivity index (χ0) is 17.5. The second-order valence-corrected chi connectivity index (χ2v) is 6.60. The number of carbonyl (C=O) groups is 1. The van der Waals surface area contributed by atoms with E-state index in [-0.39, 0.29) is 11.9 Å². The van der Waals surface area contributed by atoms with Gasteiger partial charge in [0.15, 0.2) is 0 Å². The van der Waals surface area contributed by atoms with Gasteiger partial charge in [-0.15, -0.1) is 0 Å². The van der Waals surface area contributed by atoms with Gasteiger partial charge in [-0.2, -0.15) is 0 Å². The standard InChI is InChI=1S/C20H26N4O/c1-2-7-20(25)22-17-10-6-13-24(15-17)19-11-12-21-18(23-19)14-16-8-4-3-5-9-16/h3-5,8-9,11-12,17H,2,6-7,10,13-15H2,1H3,(H,22,25). The molecule has 1 saturated heterocycles. The van der Waals surface area contributed by atoms with Crippen molar-refractivity contribution in [2.24, 2.45) is 0 Å². The van der Waals surface area contributed by atoms with Gasteiger partial charge in [-0.3, -0.25) is 4.79 Å². The van der Waals surface area contributed by atoms with Gasteiger partial charge in [-0.05, 0) is 30.9 Å². The average molecular weight is 338 g/mol. The molecule has 5 nitrogen and oxygen atoms in total. The van der Waals surface area contributed by atoms with Gasteiger partial charge < -0.3 is 10.2 Å². The summed E-state index contributed by atoms with van der Waals surface area (Å²) in [5.74, 6) is 1.94. The quantitative estimate of drug-likeness (QED) is 0.880. The first-order valence-electron chi connectivity index (χ1n) is 9.14. The third-order valence-corrected chi connectivity index (χ3v) is 4.48. The molecule has 0 spiro atoms. The maximum atomic E-state index is 11.9. The SMILES string of the molecule is CCCC(=O)NC1CCCN(c2ccnc(Cc3ccccc3)n2)C1. The lowest BCUT2D eigenvalue weighted by atomic mass is 10.1. The van der Waals surface area contributed by atoms with Gasteiger partial charge in [0.1, 0.15) is 11.6 Å². The molecule has 1 aliphatic rings. The summed E-state index contributed by atoms with van der Waals surface area (Å²) in [6.07, 6.45) is 6.16. The molecule has 132 valence electrons. The van der Waals surface area contributed by atoms with Gasteiger partial charge >= 0.3 is 0 Å². The number of anilines is 1. The Hall–Kier alpha value is -2.43. The molecule has 0 aliphatic carbocycles. The third kappa shape index (κ3) is 5.02. The van der Waals surface area contributed by atoms with Crippen LogP contribution in [0.1, 0.15) is 44.0 Å². The molecule has 1 unspecified atom stereocenters. The van der Waals surface area contributed by atoms with Gasteiger partial charge in [0.2, 0.25) is 5.91 Å². The number of nitrogens with one attached hydrogen (secondary N) is 1. The van der Waals surface area contributed by atoms with Crippen molar-refractivity contribution in [3.8, 4) is 0 Å². The van der Waals surface area contributed by atoms with Crippen LogP contribution in [0.2, 0.25) is 0 Å². The van der Waals surface area contributed by atoms with Gasteiger partial charge in [0.25, 0.3) is 0 Å². The molecule has 3 rings (SSSR count). The zero-order valence-corrected chi connectivity index (χ0v) is 14.8. The predicted octanol–water partition coefficient (Wildman–Crippen LogP) is 2.95. The molecule has 1 aliphatic heterocycles. The van der Waals surface area contributed by atoms with E-state index in [4.69, 9.17) is 4.98 Å². The molecule has 2 heterocycles. The fourth-order valence-corrected chi connectivity index (χ4v) is 3.26. The number of carbonyl (C=O) groups excluding carboxylic acids is 1. The topological polar surface area (TPSA) is 58.1 Å². The normalized spacial score (nSPS) is 17.3. The molecule has 1 N–H and O–H groups in total. The van der Waals surface area contributed by atoms with Crippen molar-refractivity contribution < 1.29 is 4.79 Å². The highest BCUT2D eigenvalue weighted by molar-refractivity contribution is 5.76. The van der Waals surface area contributed by atoms with Crippen molar-refractivity contribution in [1.29, 1.82) is 0 Å². The Kier molecular flexibility index (Phi) is 5.99. The number of hydrogen-bond donors (Lipinski definition) is 1. The van der Waals surface area contributed by atoms with Crippen LogP contribution >= 0.6 is 0 Å². The van der Waals surface area contributed by atoms with Crippen molar-refractivity contribution >= 4 is 11.7 Å². The third-order valence-electron chi connectivity index (χ3n) is 4.48. The Bertz CT molecular complexity index is 689. The number of aromatic nitrogens is 2. The summed E-state index contributed by atoms with van der Waals surface area (Å²) in [6.45, 7) is 3.82. The van der Waals surface area contributed by atoms with E-state index in [0.717, 1.165) is 50.4 Å². The van der Waals surface area contributed by atoms with E-state index < -0.39 is 0 Å². The minimum absolute atomic E-state index is 0.154. The molecular weight excluding hydrogens is 312 g/mol. The van der Waals surface area contributed by atoms with E-state index >= 15 is 0 Å². The number of piperidine rings is 1. The minimum Gasteiger partial charge on any atom is -0.354 e. The van der Waals surface area contributed by atoms with Crippen LogP contribution in [0.3, 0.4) is 0 Å². The van der Waals surface area contributed by atoms with Crippen LogP contribution < -0.4 is 10.2 Å². The molecule has 1 aromatic carbocycles. The monoisotopic (exact) mass is 338 g/mol. The number of rotatable bonds is 6. The Labute approximate surface area is 149 Å². The molecule has 0 radical (unpaired) electrons. The van der Waals surface area contributed by atoms with Crippen LogP contribution in [0.25, 0.3) is 0 Å². The number of amides is 1. The zero-order valence-electron chi connectivity index (χ0n) is 14.8. The van der Waals surface area contributed by atoms with Crippen molar-refractivity contribution in [3.05, 3.63) is 54.0 Å². The molecule has 1 amide bonds. The highest BCUT2D eigenvalue weighted by atomic mass is 16.1. The summed E-state index contributed by atoms with van der Waals surface area (Å²) in [7, 11) is 0. The Morgan fingerprint density at radius 2 is 2.12 bits per heavy atom. The predicted molar refractivity (Wildman–Crippen MR) is 99.6 cm³/mol. The smallest absolute Gasteiger partial charge is 0.220 e. The summed E-state index contributed by atoms with van der Waals surface area (Å²) in [5, 5.41) is 3.15. The van der Waals surface area contributed by atoms with Gasteiger partial charge in [-0.1, -0.05) is 37.3 Å². The number of hydrogen-bond acceptors (Lipinski definition) is 4. The van der Waals surface area contributed by atoms with Gasteiger partial charge in [0, 0.05) is 38.2 Å². The van der Waals surface area contributed by atoms with Crippen molar-refractivity contribution in [2.75, 3.05) is 18.0 Å². The molecule has 5 heteroatoms. The summed E-state index contributed by atoms with van der Waals surface area (Å²) in [4.78, 5) is 23.3. The lowest BCUT2D eigenvalue weighted by Gasteiger charge is -2.34. The molecule has 0 bridgehead atoms. The van der Waals surface area contributed by atoms with Crippen molar-refractivity contribution in [1.82, 2.24) is 15.3 Å². The lowest BCUT2D eigenvalue weighted by Crippen LogP contribution is -2.48. The first-order chi connectivity index (χ1) is 12.2. The largest absolute Gasteiger partial charge is 0.354 e. The van der Waals surface area contributed by atoms with Crippen LogP contribution in [0.5, 0.6) is 0 Å². The van der Waals surface area contributed by atoms with E-state index in [1.807, 2.05) is 37.4 Å². The first-order valence-corrected chi connectivity index (χ1v) is 9.14. The van der Waals surface area contributed by atoms with E-state index in [1.54, 1.807) is 0 Å². The van der Waals surface area contributed by atoms with Crippen molar-refractivity contribution in [2.45, 2.75) is 45.1 Å². The Morgan fingerprint density at radius 1 is 1.28 bits per heavy atom. The maximum Gasteiger partial charge on any atom is 0.220 e. The van der Waals surface area contributed by atoms with Gasteiger partial charge in [0.05, 0.1) is 0 Å². The van der Waals surface area contributed by atoms with Gasteiger partial charge in [-0.25, -0.2) is 9.97 Å². The van der Waals surface area contributed by atoms with E-state index in [0.29, 0.717) is 6.42 Å². The lowest BCUT2D eigenvalue weighted by molar-refractivity contribution is -0.121. The summed E-state index contributed by atoms with van der Waals surface area (Å²) >= 11 is 0. The second kappa shape index (κ2) is 8.60. The fraction of sp³-hybridized carbons (Fsp3) is 0.450. The van der Waals surface area contributed by atoms with Crippen molar-refractivity contribution in [3.63, 3.8) is 0 Å². The summed E-state index contributed by atoms with van der Waals surface area (Å²) in [6, 6.07) is 12.4. The second-order valence-electron chi connectivity index (χ2n) is 6.60. The molecular formula is C20H26N4O. The van der Waals surface area contributed by atoms with Crippen LogP contribution in [0.15, 0.2) is 42.6 Å². The summed E-state index contributed by atoms with van der Waals surface area (Å²) in [5.41, 5.74) is 1.21. The Morgan fingerprint density at radius 3 is 2.92 bits per heavy atom. The minimum atomic E-state index is 0.154.